The quantitative estimate of drug-likeness (QED) is 0.921. The van der Waals surface area contributed by atoms with Gasteiger partial charge in [-0.15, -0.1) is 0 Å². The lowest BCUT2D eigenvalue weighted by Crippen LogP contribution is -2.34. The van der Waals surface area contributed by atoms with Gasteiger partial charge in [0.05, 0.1) is 0 Å². The molecule has 1 fully saturated rings. The Hall–Kier alpha value is -0.380. The van der Waals surface area contributed by atoms with E-state index < -0.39 is 0 Å². The van der Waals surface area contributed by atoms with Crippen LogP contribution in [0.1, 0.15) is 24.0 Å². The van der Waals surface area contributed by atoms with Crippen LogP contribution in [0.3, 0.4) is 0 Å². The lowest BCUT2D eigenvalue weighted by Gasteiger charge is -2.23. The van der Waals surface area contributed by atoms with Gasteiger partial charge in [0.15, 0.2) is 0 Å². The van der Waals surface area contributed by atoms with Crippen LogP contribution in [0.15, 0.2) is 22.7 Å². The van der Waals surface area contributed by atoms with E-state index in [9.17, 15) is 0 Å². The molecule has 0 bridgehead atoms. The molecule has 2 rings (SSSR count). The van der Waals surface area contributed by atoms with E-state index in [4.69, 9.17) is 4.74 Å². The first-order valence-corrected chi connectivity index (χ1v) is 6.61. The van der Waals surface area contributed by atoms with E-state index in [-0.39, 0.29) is 0 Å². The average Bonchev–Trinajstić information content (AvgIpc) is 2.29. The molecular formula is C13H18BrNO. The number of benzene rings is 1. The molecule has 16 heavy (non-hydrogen) atoms. The third-order valence-corrected chi connectivity index (χ3v) is 3.60. The van der Waals surface area contributed by atoms with E-state index >= 15 is 0 Å². The van der Waals surface area contributed by atoms with Gasteiger partial charge in [-0.2, -0.15) is 0 Å². The van der Waals surface area contributed by atoms with Gasteiger partial charge < -0.3 is 10.1 Å². The number of hydrogen-bond donors (Lipinski definition) is 1. The second-order valence-corrected chi connectivity index (χ2v) is 5.25. The van der Waals surface area contributed by atoms with Crippen molar-refractivity contribution in [3.8, 4) is 0 Å². The van der Waals surface area contributed by atoms with Crippen LogP contribution in [0.5, 0.6) is 0 Å². The highest BCUT2D eigenvalue weighted by molar-refractivity contribution is 9.10. The van der Waals surface area contributed by atoms with Crippen molar-refractivity contribution in [2.24, 2.45) is 0 Å². The van der Waals surface area contributed by atoms with Crippen molar-refractivity contribution in [3.05, 3.63) is 33.8 Å². The van der Waals surface area contributed by atoms with Crippen molar-refractivity contribution in [2.75, 3.05) is 13.2 Å². The molecule has 1 aliphatic heterocycles. The number of halogens is 1. The maximum absolute atomic E-state index is 5.35. The van der Waals surface area contributed by atoms with E-state index in [1.165, 1.54) is 11.1 Å². The Morgan fingerprint density at radius 3 is 2.81 bits per heavy atom. The number of aryl methyl sites for hydroxylation is 1. The highest BCUT2D eigenvalue weighted by Gasteiger charge is 2.12. The van der Waals surface area contributed by atoms with E-state index in [1.54, 1.807) is 0 Å². The van der Waals surface area contributed by atoms with Gasteiger partial charge in [0, 0.05) is 30.3 Å². The molecule has 0 saturated carbocycles. The summed E-state index contributed by atoms with van der Waals surface area (Å²) in [5.41, 5.74) is 2.73. The molecule has 0 radical (unpaired) electrons. The van der Waals surface area contributed by atoms with E-state index in [0.29, 0.717) is 6.04 Å². The van der Waals surface area contributed by atoms with E-state index in [1.807, 2.05) is 0 Å². The summed E-state index contributed by atoms with van der Waals surface area (Å²) in [4.78, 5) is 0. The summed E-state index contributed by atoms with van der Waals surface area (Å²) in [7, 11) is 0. The van der Waals surface area contributed by atoms with Gasteiger partial charge in [0.1, 0.15) is 0 Å². The predicted octanol–water partition coefficient (Wildman–Crippen LogP) is 3.03. The van der Waals surface area contributed by atoms with Crippen LogP contribution in [0.25, 0.3) is 0 Å². The van der Waals surface area contributed by atoms with Crippen LogP contribution in [0.2, 0.25) is 0 Å². The lowest BCUT2D eigenvalue weighted by molar-refractivity contribution is 0.0776. The Labute approximate surface area is 106 Å². The summed E-state index contributed by atoms with van der Waals surface area (Å²) >= 11 is 3.49. The first kappa shape index (κ1) is 12.1. The molecule has 2 nitrogen and oxygen atoms in total. The monoisotopic (exact) mass is 283 g/mol. The van der Waals surface area contributed by atoms with Crippen LogP contribution >= 0.6 is 15.9 Å². The van der Waals surface area contributed by atoms with Crippen molar-refractivity contribution in [1.82, 2.24) is 5.32 Å². The Morgan fingerprint density at radius 2 is 2.12 bits per heavy atom. The largest absolute Gasteiger partial charge is 0.381 e. The second kappa shape index (κ2) is 5.80. The molecule has 1 heterocycles. The molecular weight excluding hydrogens is 266 g/mol. The number of hydrogen-bond acceptors (Lipinski definition) is 2. The van der Waals surface area contributed by atoms with Crippen molar-refractivity contribution in [2.45, 2.75) is 32.4 Å². The Bertz CT molecular complexity index is 348. The van der Waals surface area contributed by atoms with E-state index in [2.05, 4.69) is 46.4 Å². The molecule has 0 atom stereocenters. The Balaban J connectivity index is 1.88. The number of ether oxygens (including phenoxy) is 1. The van der Waals surface area contributed by atoms with Gasteiger partial charge in [-0.05, 0) is 43.0 Å². The Kier molecular flexibility index (Phi) is 4.38. The molecule has 0 amide bonds. The molecule has 0 unspecified atom stereocenters. The fourth-order valence-electron chi connectivity index (χ4n) is 2.01. The van der Waals surface area contributed by atoms with Crippen molar-refractivity contribution >= 4 is 15.9 Å². The molecule has 88 valence electrons. The van der Waals surface area contributed by atoms with Gasteiger partial charge >= 0.3 is 0 Å². The standard InChI is InChI=1S/C13H18BrNO/c1-10-8-12(14)3-2-11(10)9-15-13-4-6-16-7-5-13/h2-3,8,13,15H,4-7,9H2,1H3. The van der Waals surface area contributed by atoms with Crippen molar-refractivity contribution < 1.29 is 4.74 Å². The first-order chi connectivity index (χ1) is 7.75. The van der Waals surface area contributed by atoms with Gasteiger partial charge in [-0.1, -0.05) is 22.0 Å². The van der Waals surface area contributed by atoms with Crippen molar-refractivity contribution in [1.29, 1.82) is 0 Å². The highest BCUT2D eigenvalue weighted by atomic mass is 79.9. The zero-order chi connectivity index (χ0) is 11.4. The summed E-state index contributed by atoms with van der Waals surface area (Å²) in [5, 5.41) is 3.60. The molecule has 3 heteroatoms. The molecule has 1 aromatic carbocycles. The van der Waals surface area contributed by atoms with Gasteiger partial charge in [0.25, 0.3) is 0 Å². The summed E-state index contributed by atoms with van der Waals surface area (Å²) in [6.45, 7) is 4.92. The predicted molar refractivity (Wildman–Crippen MR) is 69.6 cm³/mol. The zero-order valence-corrected chi connectivity index (χ0v) is 11.2. The smallest absolute Gasteiger partial charge is 0.0480 e. The van der Waals surface area contributed by atoms with Crippen molar-refractivity contribution in [3.63, 3.8) is 0 Å². The summed E-state index contributed by atoms with van der Waals surface area (Å²) in [6.07, 6.45) is 2.27. The minimum atomic E-state index is 0.622. The Morgan fingerprint density at radius 1 is 1.38 bits per heavy atom. The fourth-order valence-corrected chi connectivity index (χ4v) is 2.49. The summed E-state index contributed by atoms with van der Waals surface area (Å²) in [5.74, 6) is 0. The molecule has 1 N–H and O–H groups in total. The second-order valence-electron chi connectivity index (χ2n) is 4.34. The first-order valence-electron chi connectivity index (χ1n) is 5.82. The number of rotatable bonds is 3. The van der Waals surface area contributed by atoms with Crippen LogP contribution in [-0.2, 0) is 11.3 Å². The van der Waals surface area contributed by atoms with Crippen LogP contribution < -0.4 is 5.32 Å². The summed E-state index contributed by atoms with van der Waals surface area (Å²) in [6, 6.07) is 7.08. The van der Waals surface area contributed by atoms with Crippen LogP contribution in [0, 0.1) is 6.92 Å². The fraction of sp³-hybridized carbons (Fsp3) is 0.538. The molecule has 1 aromatic rings. The normalized spacial score (nSPS) is 17.6. The molecule has 0 aliphatic carbocycles. The van der Waals surface area contributed by atoms with Gasteiger partial charge in [0.2, 0.25) is 0 Å². The zero-order valence-electron chi connectivity index (χ0n) is 9.63. The SMILES string of the molecule is Cc1cc(Br)ccc1CNC1CCOCC1. The van der Waals surface area contributed by atoms with Gasteiger partial charge in [-0.25, -0.2) is 0 Å². The summed E-state index contributed by atoms with van der Waals surface area (Å²) < 4.78 is 6.50. The topological polar surface area (TPSA) is 21.3 Å². The molecule has 1 aliphatic rings. The minimum absolute atomic E-state index is 0.622. The number of nitrogens with one attached hydrogen (secondary N) is 1. The third-order valence-electron chi connectivity index (χ3n) is 3.11. The maximum atomic E-state index is 5.35. The maximum Gasteiger partial charge on any atom is 0.0480 e. The molecule has 0 aromatic heterocycles. The van der Waals surface area contributed by atoms with Crippen LogP contribution in [0.4, 0.5) is 0 Å². The van der Waals surface area contributed by atoms with E-state index in [0.717, 1.165) is 37.1 Å². The highest BCUT2D eigenvalue weighted by Crippen LogP contribution is 2.16. The minimum Gasteiger partial charge on any atom is -0.381 e. The molecule has 0 spiro atoms. The lowest BCUT2D eigenvalue weighted by atomic mass is 10.1. The van der Waals surface area contributed by atoms with Gasteiger partial charge in [-0.3, -0.25) is 0 Å². The third kappa shape index (κ3) is 3.30. The molecule has 1 saturated heterocycles. The average molecular weight is 284 g/mol. The van der Waals surface area contributed by atoms with Crippen LogP contribution in [-0.4, -0.2) is 19.3 Å².